The standard InChI is InChI=1S/C14H19N5/c1-2-4-13(5-3-1)10-18-6-8-19(9-7-18)11-14-15-12-16-17-14/h1-5,12H,6-11H2,(H,15,16,17). The summed E-state index contributed by atoms with van der Waals surface area (Å²) >= 11 is 0. The summed E-state index contributed by atoms with van der Waals surface area (Å²) in [4.78, 5) is 9.10. The molecule has 1 saturated heterocycles. The van der Waals surface area contributed by atoms with Crippen LogP contribution in [-0.2, 0) is 13.1 Å². The van der Waals surface area contributed by atoms with Gasteiger partial charge in [-0.05, 0) is 5.56 Å². The van der Waals surface area contributed by atoms with Crippen LogP contribution in [0.5, 0.6) is 0 Å². The molecular formula is C14H19N5. The maximum absolute atomic E-state index is 4.18. The van der Waals surface area contributed by atoms with Gasteiger partial charge in [0, 0.05) is 32.7 Å². The predicted molar refractivity (Wildman–Crippen MR) is 73.4 cm³/mol. The quantitative estimate of drug-likeness (QED) is 0.892. The van der Waals surface area contributed by atoms with Crippen LogP contribution in [0.15, 0.2) is 36.7 Å². The highest BCUT2D eigenvalue weighted by molar-refractivity contribution is 5.14. The van der Waals surface area contributed by atoms with Gasteiger partial charge in [-0.2, -0.15) is 5.10 Å². The van der Waals surface area contributed by atoms with E-state index in [4.69, 9.17) is 0 Å². The van der Waals surface area contributed by atoms with Gasteiger partial charge >= 0.3 is 0 Å². The molecule has 1 fully saturated rings. The molecule has 0 amide bonds. The molecule has 2 heterocycles. The smallest absolute Gasteiger partial charge is 0.138 e. The van der Waals surface area contributed by atoms with Crippen molar-refractivity contribution in [2.75, 3.05) is 26.2 Å². The summed E-state index contributed by atoms with van der Waals surface area (Å²) in [6.07, 6.45) is 1.57. The Morgan fingerprint density at radius 1 is 0.947 bits per heavy atom. The fraction of sp³-hybridized carbons (Fsp3) is 0.429. The Kier molecular flexibility index (Phi) is 3.86. The minimum Gasteiger partial charge on any atom is -0.297 e. The maximum Gasteiger partial charge on any atom is 0.138 e. The van der Waals surface area contributed by atoms with E-state index >= 15 is 0 Å². The highest BCUT2D eigenvalue weighted by Crippen LogP contribution is 2.09. The molecule has 1 aromatic heterocycles. The van der Waals surface area contributed by atoms with Gasteiger partial charge in [0.2, 0.25) is 0 Å². The average Bonchev–Trinajstić information content (AvgIpc) is 2.95. The van der Waals surface area contributed by atoms with Crippen LogP contribution in [0.1, 0.15) is 11.4 Å². The topological polar surface area (TPSA) is 48.1 Å². The van der Waals surface area contributed by atoms with Gasteiger partial charge < -0.3 is 0 Å². The summed E-state index contributed by atoms with van der Waals surface area (Å²) in [5.74, 6) is 0.955. The third kappa shape index (κ3) is 3.39. The molecule has 100 valence electrons. The number of piperazine rings is 1. The largest absolute Gasteiger partial charge is 0.297 e. The maximum atomic E-state index is 4.18. The molecule has 19 heavy (non-hydrogen) atoms. The van der Waals surface area contributed by atoms with Gasteiger partial charge in [-0.15, -0.1) is 0 Å². The average molecular weight is 257 g/mol. The molecule has 1 aliphatic rings. The van der Waals surface area contributed by atoms with E-state index in [0.29, 0.717) is 0 Å². The fourth-order valence-corrected chi connectivity index (χ4v) is 2.47. The zero-order chi connectivity index (χ0) is 12.9. The van der Waals surface area contributed by atoms with E-state index in [-0.39, 0.29) is 0 Å². The summed E-state index contributed by atoms with van der Waals surface area (Å²) < 4.78 is 0. The number of aromatic amines is 1. The SMILES string of the molecule is c1ccc(CN2CCN(Cc3ncn[nH]3)CC2)cc1. The lowest BCUT2D eigenvalue weighted by Gasteiger charge is -2.34. The number of hydrogen-bond donors (Lipinski definition) is 1. The number of nitrogens with zero attached hydrogens (tertiary/aromatic N) is 4. The van der Waals surface area contributed by atoms with Crippen molar-refractivity contribution in [3.63, 3.8) is 0 Å². The Morgan fingerprint density at radius 3 is 2.26 bits per heavy atom. The first kappa shape index (κ1) is 12.3. The molecule has 0 aliphatic carbocycles. The molecule has 2 aromatic rings. The number of benzene rings is 1. The monoisotopic (exact) mass is 257 g/mol. The van der Waals surface area contributed by atoms with Gasteiger partial charge in [0.05, 0.1) is 6.54 Å². The van der Waals surface area contributed by atoms with Crippen molar-refractivity contribution in [1.29, 1.82) is 0 Å². The van der Waals surface area contributed by atoms with Crippen molar-refractivity contribution in [2.45, 2.75) is 13.1 Å². The molecule has 5 heteroatoms. The molecule has 3 rings (SSSR count). The van der Waals surface area contributed by atoms with Crippen LogP contribution in [0.25, 0.3) is 0 Å². The van der Waals surface area contributed by atoms with Gasteiger partial charge in [0.15, 0.2) is 0 Å². The van der Waals surface area contributed by atoms with Crippen LogP contribution >= 0.6 is 0 Å². The Balaban J connectivity index is 1.47. The second-order valence-corrected chi connectivity index (χ2v) is 4.97. The molecule has 1 N–H and O–H groups in total. The van der Waals surface area contributed by atoms with Gasteiger partial charge in [0.25, 0.3) is 0 Å². The number of rotatable bonds is 4. The van der Waals surface area contributed by atoms with Crippen molar-refractivity contribution < 1.29 is 0 Å². The Hall–Kier alpha value is -1.72. The normalized spacial score (nSPS) is 17.7. The third-order valence-electron chi connectivity index (χ3n) is 3.55. The third-order valence-corrected chi connectivity index (χ3v) is 3.55. The van der Waals surface area contributed by atoms with Crippen molar-refractivity contribution in [1.82, 2.24) is 25.0 Å². The molecule has 0 atom stereocenters. The summed E-state index contributed by atoms with van der Waals surface area (Å²) in [5.41, 5.74) is 1.39. The van der Waals surface area contributed by atoms with Crippen molar-refractivity contribution in [3.8, 4) is 0 Å². The van der Waals surface area contributed by atoms with Gasteiger partial charge in [0.1, 0.15) is 12.2 Å². The summed E-state index contributed by atoms with van der Waals surface area (Å²) in [5, 5.41) is 6.80. The van der Waals surface area contributed by atoms with E-state index in [2.05, 4.69) is 55.3 Å². The highest BCUT2D eigenvalue weighted by Gasteiger charge is 2.17. The van der Waals surface area contributed by atoms with Crippen molar-refractivity contribution in [3.05, 3.63) is 48.0 Å². The number of aromatic nitrogens is 3. The van der Waals surface area contributed by atoms with Crippen molar-refractivity contribution in [2.24, 2.45) is 0 Å². The van der Waals surface area contributed by atoms with Crippen LogP contribution < -0.4 is 0 Å². The first-order valence-corrected chi connectivity index (χ1v) is 6.73. The Labute approximate surface area is 113 Å². The molecule has 0 unspecified atom stereocenters. The molecule has 0 saturated carbocycles. The minimum atomic E-state index is 0.874. The zero-order valence-corrected chi connectivity index (χ0v) is 11.0. The molecule has 1 aliphatic heterocycles. The van der Waals surface area contributed by atoms with Crippen molar-refractivity contribution >= 4 is 0 Å². The van der Waals surface area contributed by atoms with E-state index in [1.165, 1.54) is 5.56 Å². The highest BCUT2D eigenvalue weighted by atomic mass is 15.3. The van der Waals surface area contributed by atoms with Crippen LogP contribution in [0.3, 0.4) is 0 Å². The molecular weight excluding hydrogens is 238 g/mol. The van der Waals surface area contributed by atoms with Gasteiger partial charge in [-0.1, -0.05) is 30.3 Å². The second-order valence-electron chi connectivity index (χ2n) is 4.97. The van der Waals surface area contributed by atoms with E-state index in [0.717, 1.165) is 45.1 Å². The van der Waals surface area contributed by atoms with Gasteiger partial charge in [-0.25, -0.2) is 4.98 Å². The van der Waals surface area contributed by atoms with E-state index in [1.54, 1.807) is 6.33 Å². The number of H-pyrrole nitrogens is 1. The summed E-state index contributed by atoms with van der Waals surface area (Å²) in [7, 11) is 0. The number of nitrogens with one attached hydrogen (secondary N) is 1. The van der Waals surface area contributed by atoms with Crippen LogP contribution in [-0.4, -0.2) is 51.2 Å². The van der Waals surface area contributed by atoms with Crippen LogP contribution in [0.4, 0.5) is 0 Å². The number of hydrogen-bond acceptors (Lipinski definition) is 4. The predicted octanol–water partition coefficient (Wildman–Crippen LogP) is 1.12. The molecule has 1 aromatic carbocycles. The zero-order valence-electron chi connectivity index (χ0n) is 11.0. The minimum absolute atomic E-state index is 0.874. The first-order valence-electron chi connectivity index (χ1n) is 6.73. The summed E-state index contributed by atoms with van der Waals surface area (Å²) in [6.45, 7) is 6.34. The molecule has 0 radical (unpaired) electrons. The molecule has 0 spiro atoms. The molecule has 5 nitrogen and oxygen atoms in total. The summed E-state index contributed by atoms with van der Waals surface area (Å²) in [6, 6.07) is 10.7. The lowest BCUT2D eigenvalue weighted by atomic mass is 10.2. The second kappa shape index (κ2) is 5.95. The van der Waals surface area contributed by atoms with Crippen LogP contribution in [0, 0.1) is 0 Å². The van der Waals surface area contributed by atoms with Crippen LogP contribution in [0.2, 0.25) is 0 Å². The lowest BCUT2D eigenvalue weighted by molar-refractivity contribution is 0.120. The molecule has 0 bridgehead atoms. The first-order chi connectivity index (χ1) is 9.40. The Morgan fingerprint density at radius 2 is 1.63 bits per heavy atom. The van der Waals surface area contributed by atoms with Gasteiger partial charge in [-0.3, -0.25) is 14.9 Å². The van der Waals surface area contributed by atoms with E-state index in [9.17, 15) is 0 Å². The van der Waals surface area contributed by atoms with E-state index < -0.39 is 0 Å². The van der Waals surface area contributed by atoms with E-state index in [1.807, 2.05) is 0 Å². The lowest BCUT2D eigenvalue weighted by Crippen LogP contribution is -2.45. The fourth-order valence-electron chi connectivity index (χ4n) is 2.47. The Bertz CT molecular complexity index is 474.